The first-order valence-corrected chi connectivity index (χ1v) is 8.07. The number of nitrogens with zero attached hydrogens (tertiary/aromatic N) is 2. The first-order chi connectivity index (χ1) is 9.86. The number of hydrogen-bond donors (Lipinski definition) is 2. The molecule has 2 N–H and O–H groups in total. The third-order valence-electron chi connectivity index (χ3n) is 4.52. The number of anilines is 2. The van der Waals surface area contributed by atoms with Crippen LogP contribution in [0.4, 0.5) is 11.5 Å². The smallest absolute Gasteiger partial charge is 0.127 e. The van der Waals surface area contributed by atoms with Crippen LogP contribution in [0.25, 0.3) is 0 Å². The van der Waals surface area contributed by atoms with Gasteiger partial charge in [-0.2, -0.15) is 0 Å². The van der Waals surface area contributed by atoms with Crippen LogP contribution in [0, 0.1) is 0 Å². The van der Waals surface area contributed by atoms with E-state index in [-0.39, 0.29) is 0 Å². The van der Waals surface area contributed by atoms with Crippen molar-refractivity contribution in [1.29, 1.82) is 0 Å². The molecule has 2 aliphatic heterocycles. The maximum atomic E-state index is 4.37. The SMILES string of the molecule is CCCNc1cc(NC2CCN3CCCCC23)ccn1. The van der Waals surface area contributed by atoms with Gasteiger partial charge in [-0.15, -0.1) is 0 Å². The van der Waals surface area contributed by atoms with Gasteiger partial charge in [-0.05, 0) is 38.3 Å². The highest BCUT2D eigenvalue weighted by Crippen LogP contribution is 2.29. The quantitative estimate of drug-likeness (QED) is 0.866. The van der Waals surface area contributed by atoms with E-state index < -0.39 is 0 Å². The van der Waals surface area contributed by atoms with Gasteiger partial charge in [0.1, 0.15) is 5.82 Å². The van der Waals surface area contributed by atoms with Crippen molar-refractivity contribution in [3.05, 3.63) is 18.3 Å². The second kappa shape index (κ2) is 6.44. The van der Waals surface area contributed by atoms with Crippen LogP contribution in [-0.2, 0) is 0 Å². The summed E-state index contributed by atoms with van der Waals surface area (Å²) >= 11 is 0. The highest BCUT2D eigenvalue weighted by molar-refractivity contribution is 5.52. The number of rotatable bonds is 5. The third-order valence-corrected chi connectivity index (χ3v) is 4.52. The van der Waals surface area contributed by atoms with Gasteiger partial charge in [0.25, 0.3) is 0 Å². The molecule has 3 rings (SSSR count). The Morgan fingerprint density at radius 3 is 3.15 bits per heavy atom. The molecule has 0 radical (unpaired) electrons. The van der Waals surface area contributed by atoms with Gasteiger partial charge in [-0.3, -0.25) is 4.90 Å². The van der Waals surface area contributed by atoms with Gasteiger partial charge in [0.2, 0.25) is 0 Å². The molecule has 2 aliphatic rings. The fourth-order valence-electron chi connectivity index (χ4n) is 3.50. The lowest BCUT2D eigenvalue weighted by Crippen LogP contribution is -2.41. The van der Waals surface area contributed by atoms with E-state index in [2.05, 4.69) is 39.6 Å². The summed E-state index contributed by atoms with van der Waals surface area (Å²) in [7, 11) is 0. The van der Waals surface area contributed by atoms with Gasteiger partial charge in [0, 0.05) is 43.1 Å². The van der Waals surface area contributed by atoms with E-state index in [1.165, 1.54) is 44.5 Å². The molecule has 3 heterocycles. The van der Waals surface area contributed by atoms with Gasteiger partial charge < -0.3 is 10.6 Å². The summed E-state index contributed by atoms with van der Waals surface area (Å²) in [5, 5.41) is 7.09. The first-order valence-electron chi connectivity index (χ1n) is 8.07. The Labute approximate surface area is 122 Å². The molecule has 2 saturated heterocycles. The van der Waals surface area contributed by atoms with Crippen molar-refractivity contribution in [2.45, 2.75) is 51.1 Å². The summed E-state index contributed by atoms with van der Waals surface area (Å²) in [5.41, 5.74) is 1.20. The molecule has 0 amide bonds. The van der Waals surface area contributed by atoms with Crippen LogP contribution >= 0.6 is 0 Å². The average molecular weight is 274 g/mol. The molecule has 110 valence electrons. The monoisotopic (exact) mass is 274 g/mol. The highest BCUT2D eigenvalue weighted by atomic mass is 15.2. The van der Waals surface area contributed by atoms with Crippen LogP contribution in [0.1, 0.15) is 39.0 Å². The van der Waals surface area contributed by atoms with Crippen LogP contribution < -0.4 is 10.6 Å². The fraction of sp³-hybridized carbons (Fsp3) is 0.688. The minimum Gasteiger partial charge on any atom is -0.381 e. The number of pyridine rings is 1. The maximum absolute atomic E-state index is 4.37. The Bertz CT molecular complexity index is 434. The van der Waals surface area contributed by atoms with Gasteiger partial charge >= 0.3 is 0 Å². The predicted octanol–water partition coefficient (Wildman–Crippen LogP) is 2.94. The minimum absolute atomic E-state index is 0.608. The van der Waals surface area contributed by atoms with Crippen LogP contribution in [0.2, 0.25) is 0 Å². The summed E-state index contributed by atoms with van der Waals surface area (Å²) in [6.07, 6.45) is 8.41. The van der Waals surface area contributed by atoms with Crippen molar-refractivity contribution in [2.75, 3.05) is 30.3 Å². The number of aromatic nitrogens is 1. The lowest BCUT2D eigenvalue weighted by Gasteiger charge is -2.33. The van der Waals surface area contributed by atoms with Gasteiger partial charge in [0.15, 0.2) is 0 Å². The van der Waals surface area contributed by atoms with Crippen molar-refractivity contribution in [3.8, 4) is 0 Å². The number of nitrogens with one attached hydrogen (secondary N) is 2. The Hall–Kier alpha value is -1.29. The number of piperidine rings is 1. The molecular weight excluding hydrogens is 248 g/mol. The van der Waals surface area contributed by atoms with Crippen molar-refractivity contribution in [3.63, 3.8) is 0 Å². The Morgan fingerprint density at radius 1 is 1.30 bits per heavy atom. The molecule has 0 bridgehead atoms. The second-order valence-electron chi connectivity index (χ2n) is 6.00. The Morgan fingerprint density at radius 2 is 2.25 bits per heavy atom. The largest absolute Gasteiger partial charge is 0.381 e. The van der Waals surface area contributed by atoms with Gasteiger partial charge in [-0.25, -0.2) is 4.98 Å². The van der Waals surface area contributed by atoms with E-state index in [0.717, 1.165) is 24.8 Å². The van der Waals surface area contributed by atoms with Gasteiger partial charge in [0.05, 0.1) is 0 Å². The number of hydrogen-bond acceptors (Lipinski definition) is 4. The van der Waals surface area contributed by atoms with E-state index in [1.54, 1.807) is 0 Å². The molecule has 4 nitrogen and oxygen atoms in total. The van der Waals surface area contributed by atoms with Crippen LogP contribution in [0.3, 0.4) is 0 Å². The third kappa shape index (κ3) is 3.06. The zero-order chi connectivity index (χ0) is 13.8. The number of fused-ring (bicyclic) bond motifs is 1. The minimum atomic E-state index is 0.608. The summed E-state index contributed by atoms with van der Waals surface area (Å²) < 4.78 is 0. The first kappa shape index (κ1) is 13.7. The molecule has 2 fully saturated rings. The molecule has 2 atom stereocenters. The van der Waals surface area contributed by atoms with Crippen molar-refractivity contribution in [1.82, 2.24) is 9.88 Å². The van der Waals surface area contributed by atoms with Crippen LogP contribution in [-0.4, -0.2) is 41.6 Å². The molecule has 1 aromatic heterocycles. The zero-order valence-electron chi connectivity index (χ0n) is 12.4. The molecule has 0 aromatic carbocycles. The van der Waals surface area contributed by atoms with Crippen molar-refractivity contribution in [2.24, 2.45) is 0 Å². The van der Waals surface area contributed by atoms with Crippen LogP contribution in [0.15, 0.2) is 18.3 Å². The molecule has 2 unspecified atom stereocenters. The van der Waals surface area contributed by atoms with Crippen molar-refractivity contribution < 1.29 is 0 Å². The molecule has 0 saturated carbocycles. The van der Waals surface area contributed by atoms with E-state index >= 15 is 0 Å². The standard InChI is InChI=1S/C16H26N4/c1-2-8-17-16-12-13(6-9-18-16)19-14-7-11-20-10-4-3-5-15(14)20/h6,9,12,14-15H,2-5,7-8,10-11H2,1H3,(H2,17,18,19). The predicted molar refractivity (Wildman–Crippen MR) is 84.3 cm³/mol. The maximum Gasteiger partial charge on any atom is 0.127 e. The summed E-state index contributed by atoms with van der Waals surface area (Å²) in [5.74, 6) is 0.982. The van der Waals surface area contributed by atoms with E-state index in [4.69, 9.17) is 0 Å². The normalized spacial score (nSPS) is 26.2. The summed E-state index contributed by atoms with van der Waals surface area (Å²) in [6.45, 7) is 5.71. The lowest BCUT2D eigenvalue weighted by molar-refractivity contribution is 0.193. The van der Waals surface area contributed by atoms with E-state index in [0.29, 0.717) is 6.04 Å². The van der Waals surface area contributed by atoms with E-state index in [9.17, 15) is 0 Å². The van der Waals surface area contributed by atoms with Crippen molar-refractivity contribution >= 4 is 11.5 Å². The molecule has 4 heteroatoms. The fourth-order valence-corrected chi connectivity index (χ4v) is 3.50. The average Bonchev–Trinajstić information content (AvgIpc) is 2.89. The molecule has 20 heavy (non-hydrogen) atoms. The molecule has 0 spiro atoms. The Kier molecular flexibility index (Phi) is 4.41. The molecule has 1 aromatic rings. The summed E-state index contributed by atoms with van der Waals surface area (Å²) in [6, 6.07) is 5.57. The topological polar surface area (TPSA) is 40.2 Å². The van der Waals surface area contributed by atoms with Crippen LogP contribution in [0.5, 0.6) is 0 Å². The molecule has 0 aliphatic carbocycles. The summed E-state index contributed by atoms with van der Waals surface area (Å²) in [4.78, 5) is 7.04. The van der Waals surface area contributed by atoms with E-state index in [1.807, 2.05) is 6.20 Å². The molecular formula is C16H26N4. The second-order valence-corrected chi connectivity index (χ2v) is 6.00. The lowest BCUT2D eigenvalue weighted by atomic mass is 9.99. The van der Waals surface area contributed by atoms with Gasteiger partial charge in [-0.1, -0.05) is 13.3 Å². The highest BCUT2D eigenvalue weighted by Gasteiger charge is 2.35. The zero-order valence-corrected chi connectivity index (χ0v) is 12.4. The Balaban J connectivity index is 1.62.